The van der Waals surface area contributed by atoms with Gasteiger partial charge in [0, 0.05) is 42.8 Å². The maximum Gasteiger partial charge on any atom is 0.224 e. The predicted molar refractivity (Wildman–Crippen MR) is 155 cm³/mol. The number of fused-ring (bicyclic) bond motifs is 1. The first-order valence-corrected chi connectivity index (χ1v) is 13.3. The van der Waals surface area contributed by atoms with Crippen LogP contribution in [0.5, 0.6) is 11.5 Å². The van der Waals surface area contributed by atoms with Gasteiger partial charge in [0.2, 0.25) is 6.23 Å². The molecule has 11 nitrogen and oxygen atoms in total. The predicted octanol–water partition coefficient (Wildman–Crippen LogP) is 6.01. The van der Waals surface area contributed by atoms with Crippen LogP contribution in [-0.4, -0.2) is 39.1 Å². The van der Waals surface area contributed by atoms with E-state index in [2.05, 4.69) is 29.3 Å². The Morgan fingerprint density at radius 1 is 1.05 bits per heavy atom. The molecule has 1 aromatic carbocycles. The van der Waals surface area contributed by atoms with Crippen molar-refractivity contribution in [3.8, 4) is 22.8 Å². The summed E-state index contributed by atoms with van der Waals surface area (Å²) in [7, 11) is 3.28. The Hall–Kier alpha value is -5.06. The molecule has 0 spiro atoms. The van der Waals surface area contributed by atoms with E-state index in [0.29, 0.717) is 29.6 Å². The number of aryl methyl sites for hydroxylation is 1. The molecular weight excluding hydrogens is 522 g/mol. The van der Waals surface area contributed by atoms with Gasteiger partial charge in [0.15, 0.2) is 11.5 Å². The fourth-order valence-electron chi connectivity index (χ4n) is 5.03. The Morgan fingerprint density at radius 3 is 2.68 bits per heavy atom. The van der Waals surface area contributed by atoms with Crippen molar-refractivity contribution >= 4 is 22.5 Å². The maximum absolute atomic E-state index is 6.10. The highest BCUT2D eigenvalue weighted by Gasteiger charge is 2.35. The number of nitrogens with one attached hydrogen (secondary N) is 1. The minimum Gasteiger partial charge on any atom is -0.497 e. The van der Waals surface area contributed by atoms with Crippen LogP contribution in [0.1, 0.15) is 43.1 Å². The topological polar surface area (TPSA) is 113 Å². The molecule has 210 valence electrons. The van der Waals surface area contributed by atoms with Gasteiger partial charge < -0.3 is 24.1 Å². The van der Waals surface area contributed by atoms with Crippen LogP contribution in [0.25, 0.3) is 22.2 Å². The van der Waals surface area contributed by atoms with E-state index < -0.39 is 6.23 Å². The van der Waals surface area contributed by atoms with Crippen LogP contribution < -0.4 is 19.7 Å². The number of aromatic nitrogens is 5. The molecule has 1 aliphatic rings. The standard InChI is InChI=1S/C30H31N7O4/c1-18(2)37-23-11-13-32-28(33-17-20-9-10-21(38-4)16-24(20)39-5)26(23)29(34-37)36-14-15-40-30(36)27-25(19(3)41-35-27)22-8-6-7-12-31-22/h6-16,18,30H,17H2,1-5H3,(H,32,33). The number of hydrogen-bond acceptors (Lipinski definition) is 10. The lowest BCUT2D eigenvalue weighted by atomic mass is 10.1. The molecule has 4 aromatic heterocycles. The van der Waals surface area contributed by atoms with Crippen molar-refractivity contribution in [3.05, 3.63) is 84.3 Å². The molecular formula is C30H31N7O4. The Balaban J connectivity index is 1.42. The van der Waals surface area contributed by atoms with Gasteiger partial charge in [0.05, 0.1) is 36.4 Å². The summed E-state index contributed by atoms with van der Waals surface area (Å²) in [6.45, 7) is 6.54. The third-order valence-corrected chi connectivity index (χ3v) is 7.00. The van der Waals surface area contributed by atoms with Crippen LogP contribution in [0.4, 0.5) is 11.6 Å². The Bertz CT molecular complexity index is 1710. The lowest BCUT2D eigenvalue weighted by Crippen LogP contribution is -2.22. The van der Waals surface area contributed by atoms with E-state index in [-0.39, 0.29) is 6.04 Å². The van der Waals surface area contributed by atoms with Crippen molar-refractivity contribution in [2.45, 2.75) is 39.6 Å². The second-order valence-electron chi connectivity index (χ2n) is 9.84. The molecule has 0 amide bonds. The number of hydrogen-bond donors (Lipinski definition) is 1. The van der Waals surface area contributed by atoms with Crippen molar-refractivity contribution < 1.29 is 18.7 Å². The average Bonchev–Trinajstić information content (AvgIpc) is 3.73. The van der Waals surface area contributed by atoms with Gasteiger partial charge in [0.1, 0.15) is 29.3 Å². The number of pyridine rings is 2. The van der Waals surface area contributed by atoms with Crippen LogP contribution in [-0.2, 0) is 11.3 Å². The summed E-state index contributed by atoms with van der Waals surface area (Å²) in [6, 6.07) is 13.6. The zero-order valence-corrected chi connectivity index (χ0v) is 23.5. The first-order valence-electron chi connectivity index (χ1n) is 13.3. The number of rotatable bonds is 9. The second kappa shape index (κ2) is 10.8. The molecule has 1 aliphatic heterocycles. The van der Waals surface area contributed by atoms with Gasteiger partial charge in [-0.15, -0.1) is 0 Å². The van der Waals surface area contributed by atoms with E-state index in [4.69, 9.17) is 28.8 Å². The highest BCUT2D eigenvalue weighted by molar-refractivity contribution is 5.99. The van der Waals surface area contributed by atoms with Crippen LogP contribution >= 0.6 is 0 Å². The van der Waals surface area contributed by atoms with E-state index >= 15 is 0 Å². The van der Waals surface area contributed by atoms with Gasteiger partial charge in [-0.3, -0.25) is 14.6 Å². The second-order valence-corrected chi connectivity index (χ2v) is 9.84. The van der Waals surface area contributed by atoms with Gasteiger partial charge in [-0.05, 0) is 51.1 Å². The third-order valence-electron chi connectivity index (χ3n) is 7.00. The monoisotopic (exact) mass is 553 g/mol. The smallest absolute Gasteiger partial charge is 0.224 e. The van der Waals surface area contributed by atoms with Gasteiger partial charge in [-0.2, -0.15) is 5.10 Å². The molecule has 11 heteroatoms. The number of methoxy groups -OCH3 is 2. The number of benzene rings is 1. The molecule has 0 fully saturated rings. The summed E-state index contributed by atoms with van der Waals surface area (Å²) >= 11 is 0. The summed E-state index contributed by atoms with van der Waals surface area (Å²) in [5.74, 6) is 3.47. The van der Waals surface area contributed by atoms with Gasteiger partial charge in [0.25, 0.3) is 0 Å². The molecule has 41 heavy (non-hydrogen) atoms. The molecule has 0 bridgehead atoms. The van der Waals surface area contributed by atoms with Gasteiger partial charge in [-0.25, -0.2) is 4.98 Å². The van der Waals surface area contributed by atoms with Crippen molar-refractivity contribution in [2.24, 2.45) is 0 Å². The molecule has 5 heterocycles. The molecule has 1 unspecified atom stereocenters. The molecule has 6 rings (SSSR count). The molecule has 0 saturated carbocycles. The minimum absolute atomic E-state index is 0.104. The fraction of sp³-hybridized carbons (Fsp3) is 0.267. The fourth-order valence-corrected chi connectivity index (χ4v) is 5.03. The third kappa shape index (κ3) is 4.69. The Kier molecular flexibility index (Phi) is 6.92. The van der Waals surface area contributed by atoms with Gasteiger partial charge in [-0.1, -0.05) is 11.2 Å². The zero-order chi connectivity index (χ0) is 28.5. The van der Waals surface area contributed by atoms with Crippen LogP contribution in [0, 0.1) is 6.92 Å². The summed E-state index contributed by atoms with van der Waals surface area (Å²) in [6.07, 6.45) is 6.41. The summed E-state index contributed by atoms with van der Waals surface area (Å²) in [5.41, 5.74) is 4.06. The normalized spacial score (nSPS) is 14.6. The SMILES string of the molecule is COc1ccc(CNc2nccc3c2c(N2C=COC2c2noc(C)c2-c2ccccn2)nn3C(C)C)c(OC)c1. The molecule has 0 saturated heterocycles. The minimum atomic E-state index is -0.613. The van der Waals surface area contributed by atoms with E-state index in [0.717, 1.165) is 39.2 Å². The zero-order valence-electron chi connectivity index (χ0n) is 23.5. The number of anilines is 2. The lowest BCUT2D eigenvalue weighted by molar-refractivity contribution is 0.164. The summed E-state index contributed by atoms with van der Waals surface area (Å²) in [4.78, 5) is 11.2. The first kappa shape index (κ1) is 26.2. The lowest BCUT2D eigenvalue weighted by Gasteiger charge is -2.22. The van der Waals surface area contributed by atoms with Crippen molar-refractivity contribution in [1.29, 1.82) is 0 Å². The molecule has 0 aliphatic carbocycles. The quantitative estimate of drug-likeness (QED) is 0.233. The highest BCUT2D eigenvalue weighted by Crippen LogP contribution is 2.42. The van der Waals surface area contributed by atoms with Crippen molar-refractivity contribution in [2.75, 3.05) is 24.4 Å². The maximum atomic E-state index is 6.10. The van der Waals surface area contributed by atoms with Crippen LogP contribution in [0.15, 0.2) is 71.8 Å². The molecule has 5 aromatic rings. The summed E-state index contributed by atoms with van der Waals surface area (Å²) in [5, 5.41) is 13.8. The van der Waals surface area contributed by atoms with Gasteiger partial charge >= 0.3 is 0 Å². The molecule has 0 radical (unpaired) electrons. The van der Waals surface area contributed by atoms with E-state index in [9.17, 15) is 0 Å². The number of nitrogens with zero attached hydrogens (tertiary/aromatic N) is 6. The number of ether oxygens (including phenoxy) is 3. The van der Waals surface area contributed by atoms with Crippen LogP contribution in [0.2, 0.25) is 0 Å². The molecule has 1 N–H and O–H groups in total. The Labute approximate surface area is 237 Å². The van der Waals surface area contributed by atoms with Crippen molar-refractivity contribution in [3.63, 3.8) is 0 Å². The molecule has 1 atom stereocenters. The van der Waals surface area contributed by atoms with E-state index in [1.807, 2.05) is 65.2 Å². The highest BCUT2D eigenvalue weighted by atomic mass is 16.5. The average molecular weight is 554 g/mol. The van der Waals surface area contributed by atoms with Crippen LogP contribution in [0.3, 0.4) is 0 Å². The van der Waals surface area contributed by atoms with E-state index in [1.54, 1.807) is 32.9 Å². The largest absolute Gasteiger partial charge is 0.497 e. The van der Waals surface area contributed by atoms with Crippen molar-refractivity contribution in [1.82, 2.24) is 24.9 Å². The summed E-state index contributed by atoms with van der Waals surface area (Å²) < 4.78 is 24.7. The van der Waals surface area contributed by atoms with E-state index in [1.165, 1.54) is 0 Å². The Morgan fingerprint density at radius 2 is 1.93 bits per heavy atom. The first-order chi connectivity index (χ1) is 20.0.